The van der Waals surface area contributed by atoms with Crippen LogP contribution in [0.2, 0.25) is 0 Å². The molecule has 124 valence electrons. The number of nitrogens with one attached hydrogen (secondary N) is 1. The van der Waals surface area contributed by atoms with Crippen molar-refractivity contribution in [1.82, 2.24) is 15.0 Å². The van der Waals surface area contributed by atoms with Crippen LogP contribution in [0.5, 0.6) is 0 Å². The second-order valence-corrected chi connectivity index (χ2v) is 7.71. The quantitative estimate of drug-likeness (QED) is 0.927. The molecule has 2 heterocycles. The average molecular weight is 307 g/mol. The molecule has 0 spiro atoms. The first-order chi connectivity index (χ1) is 10.3. The normalized spacial score (nSPS) is 17.9. The molecule has 1 aromatic heterocycles. The number of rotatable bonds is 4. The summed E-state index contributed by atoms with van der Waals surface area (Å²) in [6.07, 6.45) is 4.97. The van der Waals surface area contributed by atoms with E-state index in [0.29, 0.717) is 11.8 Å². The molecule has 0 aliphatic carbocycles. The molecule has 0 saturated carbocycles. The maximum atomic E-state index is 11.9. The lowest BCUT2D eigenvalue weighted by molar-refractivity contribution is -0.204. The summed E-state index contributed by atoms with van der Waals surface area (Å²) in [6, 6.07) is 0. The highest BCUT2D eigenvalue weighted by atomic mass is 16.7. The van der Waals surface area contributed by atoms with E-state index in [9.17, 15) is 4.79 Å². The minimum absolute atomic E-state index is 0.164. The number of hydroxylamine groups is 2. The molecule has 2 rings (SSSR count). The number of H-pyrrole nitrogens is 1. The Kier molecular flexibility index (Phi) is 5.27. The third-order valence-electron chi connectivity index (χ3n) is 3.93. The summed E-state index contributed by atoms with van der Waals surface area (Å²) in [4.78, 5) is 25.4. The summed E-state index contributed by atoms with van der Waals surface area (Å²) in [6.45, 7) is 11.6. The molecule has 1 aliphatic rings. The van der Waals surface area contributed by atoms with Crippen molar-refractivity contribution in [2.24, 2.45) is 11.3 Å². The van der Waals surface area contributed by atoms with Gasteiger partial charge >= 0.3 is 5.97 Å². The van der Waals surface area contributed by atoms with Crippen molar-refractivity contribution in [2.45, 2.75) is 59.8 Å². The van der Waals surface area contributed by atoms with Crippen LogP contribution < -0.4 is 0 Å². The second kappa shape index (κ2) is 6.82. The molecule has 1 aliphatic heterocycles. The molecular formula is C17H29N3O2. The van der Waals surface area contributed by atoms with Gasteiger partial charge in [0.25, 0.3) is 0 Å². The van der Waals surface area contributed by atoms with Crippen LogP contribution in [0.25, 0.3) is 0 Å². The first kappa shape index (κ1) is 17.0. The first-order valence-electron chi connectivity index (χ1n) is 8.27. The zero-order valence-corrected chi connectivity index (χ0v) is 14.5. The van der Waals surface area contributed by atoms with Crippen LogP contribution in [-0.2, 0) is 16.1 Å². The van der Waals surface area contributed by atoms with Crippen molar-refractivity contribution in [1.29, 1.82) is 0 Å². The van der Waals surface area contributed by atoms with Crippen molar-refractivity contribution in [3.05, 3.63) is 17.7 Å². The van der Waals surface area contributed by atoms with E-state index in [-0.39, 0.29) is 5.97 Å². The van der Waals surface area contributed by atoms with Crippen molar-refractivity contribution in [3.8, 4) is 0 Å². The van der Waals surface area contributed by atoms with Crippen LogP contribution in [0.4, 0.5) is 0 Å². The predicted molar refractivity (Wildman–Crippen MR) is 86.2 cm³/mol. The fraction of sp³-hybridized carbons (Fsp3) is 0.765. The van der Waals surface area contributed by atoms with Gasteiger partial charge in [0.05, 0.1) is 11.1 Å². The van der Waals surface area contributed by atoms with Gasteiger partial charge in [0, 0.05) is 25.2 Å². The minimum Gasteiger partial charge on any atom is -0.367 e. The molecular weight excluding hydrogens is 278 g/mol. The fourth-order valence-electron chi connectivity index (χ4n) is 2.58. The molecule has 0 atom stereocenters. The number of hydrogen-bond acceptors (Lipinski definition) is 4. The molecule has 0 unspecified atom stereocenters. The summed E-state index contributed by atoms with van der Waals surface area (Å²) >= 11 is 0. The Morgan fingerprint density at radius 1 is 1.41 bits per heavy atom. The van der Waals surface area contributed by atoms with Crippen molar-refractivity contribution in [3.63, 3.8) is 0 Å². The molecule has 0 radical (unpaired) electrons. The monoisotopic (exact) mass is 307 g/mol. The number of imidazole rings is 1. The molecule has 1 aromatic rings. The number of carbonyl (C=O) groups is 1. The third-order valence-corrected chi connectivity index (χ3v) is 3.93. The average Bonchev–Trinajstić information content (AvgIpc) is 2.86. The van der Waals surface area contributed by atoms with Gasteiger partial charge in [0.2, 0.25) is 0 Å². The summed E-state index contributed by atoms with van der Waals surface area (Å²) in [5.74, 6) is 1.97. The molecule has 5 heteroatoms. The topological polar surface area (TPSA) is 58.2 Å². The number of nitrogens with zero attached hydrogens (tertiary/aromatic N) is 2. The maximum absolute atomic E-state index is 11.9. The number of aromatic amines is 1. The molecule has 1 N–H and O–H groups in total. The van der Waals surface area contributed by atoms with Crippen LogP contribution in [0.3, 0.4) is 0 Å². The van der Waals surface area contributed by atoms with Crippen molar-refractivity contribution < 1.29 is 9.63 Å². The molecule has 22 heavy (non-hydrogen) atoms. The smallest absolute Gasteiger partial charge is 0.330 e. The minimum atomic E-state index is -0.455. The molecule has 0 aromatic carbocycles. The molecule has 5 nitrogen and oxygen atoms in total. The largest absolute Gasteiger partial charge is 0.367 e. The van der Waals surface area contributed by atoms with Gasteiger partial charge in [0.1, 0.15) is 5.82 Å². The highest BCUT2D eigenvalue weighted by molar-refractivity contribution is 5.75. The van der Waals surface area contributed by atoms with E-state index in [1.807, 2.05) is 27.0 Å². The van der Waals surface area contributed by atoms with Gasteiger partial charge in [-0.05, 0) is 46.0 Å². The Hall–Kier alpha value is -1.36. The Balaban J connectivity index is 1.84. The highest BCUT2D eigenvalue weighted by Gasteiger charge is 2.29. The number of carbonyl (C=O) groups excluding carboxylic acids is 1. The predicted octanol–water partition coefficient (Wildman–Crippen LogP) is 3.29. The van der Waals surface area contributed by atoms with E-state index < -0.39 is 5.41 Å². The zero-order chi connectivity index (χ0) is 16.3. The first-order valence-corrected chi connectivity index (χ1v) is 8.27. The summed E-state index contributed by atoms with van der Waals surface area (Å²) in [5, 5.41) is 1.79. The van der Waals surface area contributed by atoms with Crippen LogP contribution in [-0.4, -0.2) is 34.1 Å². The fourth-order valence-corrected chi connectivity index (χ4v) is 2.58. The second-order valence-electron chi connectivity index (χ2n) is 7.71. The summed E-state index contributed by atoms with van der Waals surface area (Å²) in [7, 11) is 0. The number of aromatic nitrogens is 2. The van der Waals surface area contributed by atoms with Crippen LogP contribution in [0.15, 0.2) is 6.20 Å². The molecule has 1 saturated heterocycles. The van der Waals surface area contributed by atoms with Gasteiger partial charge in [-0.15, -0.1) is 5.06 Å². The van der Waals surface area contributed by atoms with Crippen LogP contribution >= 0.6 is 0 Å². The Bertz CT molecular complexity index is 494. The molecule has 0 amide bonds. The van der Waals surface area contributed by atoms with E-state index in [2.05, 4.69) is 18.8 Å². The van der Waals surface area contributed by atoms with E-state index in [1.165, 1.54) is 0 Å². The van der Waals surface area contributed by atoms with Gasteiger partial charge in [-0.1, -0.05) is 13.8 Å². The van der Waals surface area contributed by atoms with Gasteiger partial charge in [0.15, 0.2) is 0 Å². The standard InChI is InChI=1S/C17H29N3O2/c1-12(2)10-14-11-18-15(19-14)13-6-8-20(9-7-13)22-16(21)17(3,4)5/h11-13H,6-10H2,1-5H3,(H,18,19). The lowest BCUT2D eigenvalue weighted by Gasteiger charge is -2.31. The lowest BCUT2D eigenvalue weighted by atomic mass is 9.96. The molecule has 1 fully saturated rings. The number of piperidine rings is 1. The van der Waals surface area contributed by atoms with Gasteiger partial charge < -0.3 is 9.82 Å². The van der Waals surface area contributed by atoms with Gasteiger partial charge in [-0.2, -0.15) is 0 Å². The molecule has 0 bridgehead atoms. The third kappa shape index (κ3) is 4.57. The summed E-state index contributed by atoms with van der Waals surface area (Å²) < 4.78 is 0. The SMILES string of the molecule is CC(C)Cc1c[nH]c(C2CCN(OC(=O)C(C)(C)C)CC2)n1. The van der Waals surface area contributed by atoms with E-state index in [4.69, 9.17) is 9.82 Å². The van der Waals surface area contributed by atoms with Crippen molar-refractivity contribution >= 4 is 5.97 Å². The Morgan fingerprint density at radius 2 is 2.05 bits per heavy atom. The van der Waals surface area contributed by atoms with E-state index >= 15 is 0 Å². The van der Waals surface area contributed by atoms with E-state index in [0.717, 1.165) is 43.9 Å². The van der Waals surface area contributed by atoms with Crippen molar-refractivity contribution in [2.75, 3.05) is 13.1 Å². The van der Waals surface area contributed by atoms with E-state index in [1.54, 1.807) is 5.06 Å². The van der Waals surface area contributed by atoms with Crippen LogP contribution in [0, 0.1) is 11.3 Å². The van der Waals surface area contributed by atoms with Gasteiger partial charge in [-0.3, -0.25) is 0 Å². The number of hydrogen-bond donors (Lipinski definition) is 1. The zero-order valence-electron chi connectivity index (χ0n) is 14.5. The Labute approximate surface area is 133 Å². The lowest BCUT2D eigenvalue weighted by Crippen LogP contribution is -2.38. The Morgan fingerprint density at radius 3 is 2.59 bits per heavy atom. The van der Waals surface area contributed by atoms with Crippen LogP contribution in [0.1, 0.15) is 64.9 Å². The maximum Gasteiger partial charge on any atom is 0.330 e. The highest BCUT2D eigenvalue weighted by Crippen LogP contribution is 2.27. The summed E-state index contributed by atoms with van der Waals surface area (Å²) in [5.41, 5.74) is 0.690. The van der Waals surface area contributed by atoms with Gasteiger partial charge in [-0.25, -0.2) is 9.78 Å².